The number of benzene rings is 3. The monoisotopic (exact) mass is 431 g/mol. The van der Waals surface area contributed by atoms with E-state index in [1.807, 2.05) is 0 Å². The average Bonchev–Trinajstić information content (AvgIpc) is 2.70. The van der Waals surface area contributed by atoms with Crippen molar-refractivity contribution in [3.05, 3.63) is 88.7 Å². The van der Waals surface area contributed by atoms with Crippen LogP contribution in [0.4, 0.5) is 15.8 Å². The zero-order chi connectivity index (χ0) is 20.6. The second-order valence-corrected chi connectivity index (χ2v) is 8.49. The predicted octanol–water partition coefficient (Wildman–Crippen LogP) is 4.13. The van der Waals surface area contributed by atoms with E-state index in [4.69, 9.17) is 11.6 Å². The molecule has 0 bridgehead atoms. The van der Waals surface area contributed by atoms with E-state index in [0.29, 0.717) is 22.5 Å². The number of fused-ring (bicyclic) bond motifs is 1. The molecule has 0 fully saturated rings. The SMILES string of the molecule is O=C(Nc1ccc(F)c(Cl)c1)c1ccc([C@H]2Nc3ccccc3S(=O)(=O)N2)cc1. The Hall–Kier alpha value is -2.94. The zero-order valence-electron chi connectivity index (χ0n) is 14.8. The van der Waals surface area contributed by atoms with Crippen molar-refractivity contribution in [3.8, 4) is 0 Å². The Bertz CT molecular complexity index is 1200. The fourth-order valence-corrected chi connectivity index (χ4v) is 4.47. The van der Waals surface area contributed by atoms with Gasteiger partial charge in [-0.15, -0.1) is 0 Å². The van der Waals surface area contributed by atoms with Crippen molar-refractivity contribution < 1.29 is 17.6 Å². The first kappa shape index (κ1) is 19.4. The standard InChI is InChI=1S/C20H15ClFN3O3S/c21-15-11-14(9-10-16(15)22)23-20(26)13-7-5-12(6-8-13)19-24-17-3-1-2-4-18(17)29(27,28)25-19/h1-11,19,24-25H,(H,23,26)/t19-/m0/s1. The second kappa shape index (κ2) is 7.47. The summed E-state index contributed by atoms with van der Waals surface area (Å²) in [7, 11) is -3.65. The Labute approximate surface area is 171 Å². The maximum absolute atomic E-state index is 13.2. The molecule has 1 amide bonds. The summed E-state index contributed by atoms with van der Waals surface area (Å²) in [5.41, 5.74) is 1.87. The summed E-state index contributed by atoms with van der Waals surface area (Å²) in [6, 6.07) is 17.0. The molecule has 3 aromatic carbocycles. The molecule has 4 rings (SSSR count). The molecule has 0 saturated heterocycles. The molecule has 6 nitrogen and oxygen atoms in total. The largest absolute Gasteiger partial charge is 0.364 e. The topological polar surface area (TPSA) is 87.3 Å². The highest BCUT2D eigenvalue weighted by Crippen LogP contribution is 2.30. The molecular weight excluding hydrogens is 417 g/mol. The minimum absolute atomic E-state index is 0.0888. The van der Waals surface area contributed by atoms with E-state index in [9.17, 15) is 17.6 Å². The van der Waals surface area contributed by atoms with Gasteiger partial charge in [-0.25, -0.2) is 12.8 Å². The van der Waals surface area contributed by atoms with Crippen LogP contribution in [0, 0.1) is 5.82 Å². The maximum atomic E-state index is 13.2. The number of carbonyl (C=O) groups is 1. The van der Waals surface area contributed by atoms with E-state index in [1.165, 1.54) is 24.3 Å². The third-order valence-electron chi connectivity index (χ3n) is 4.43. The van der Waals surface area contributed by atoms with E-state index >= 15 is 0 Å². The van der Waals surface area contributed by atoms with Crippen molar-refractivity contribution in [3.63, 3.8) is 0 Å². The molecule has 148 valence electrons. The number of para-hydroxylation sites is 1. The molecular formula is C20H15ClFN3O3S. The summed E-state index contributed by atoms with van der Waals surface area (Å²) in [6.07, 6.45) is -0.664. The quantitative estimate of drug-likeness (QED) is 0.581. The first-order valence-corrected chi connectivity index (χ1v) is 10.4. The van der Waals surface area contributed by atoms with Gasteiger partial charge in [0.25, 0.3) is 5.91 Å². The molecule has 0 aromatic heterocycles. The van der Waals surface area contributed by atoms with Gasteiger partial charge >= 0.3 is 0 Å². The van der Waals surface area contributed by atoms with Gasteiger partial charge in [-0.1, -0.05) is 35.9 Å². The maximum Gasteiger partial charge on any atom is 0.255 e. The smallest absolute Gasteiger partial charge is 0.255 e. The van der Waals surface area contributed by atoms with Crippen LogP contribution in [0.5, 0.6) is 0 Å². The van der Waals surface area contributed by atoms with Gasteiger partial charge in [-0.2, -0.15) is 4.72 Å². The normalized spacial score (nSPS) is 17.1. The number of nitrogens with one attached hydrogen (secondary N) is 3. The molecule has 9 heteroatoms. The molecule has 3 N–H and O–H groups in total. The molecule has 29 heavy (non-hydrogen) atoms. The molecule has 0 spiro atoms. The van der Waals surface area contributed by atoms with Crippen LogP contribution in [0.3, 0.4) is 0 Å². The third-order valence-corrected chi connectivity index (χ3v) is 6.20. The summed E-state index contributed by atoms with van der Waals surface area (Å²) in [6.45, 7) is 0. The van der Waals surface area contributed by atoms with E-state index in [-0.39, 0.29) is 9.92 Å². The van der Waals surface area contributed by atoms with Crippen LogP contribution in [0.1, 0.15) is 22.1 Å². The van der Waals surface area contributed by atoms with Crippen molar-refractivity contribution in [2.75, 3.05) is 10.6 Å². The van der Waals surface area contributed by atoms with E-state index in [1.54, 1.807) is 42.5 Å². The number of anilines is 2. The lowest BCUT2D eigenvalue weighted by Gasteiger charge is -2.28. The second-order valence-electron chi connectivity index (χ2n) is 6.40. The minimum Gasteiger partial charge on any atom is -0.364 e. The van der Waals surface area contributed by atoms with Crippen molar-refractivity contribution in [2.24, 2.45) is 0 Å². The predicted molar refractivity (Wildman–Crippen MR) is 109 cm³/mol. The van der Waals surface area contributed by atoms with Crippen molar-refractivity contribution >= 4 is 38.9 Å². The number of carbonyl (C=O) groups excluding carboxylic acids is 1. The lowest BCUT2D eigenvalue weighted by Crippen LogP contribution is -2.38. The van der Waals surface area contributed by atoms with Crippen LogP contribution < -0.4 is 15.4 Å². The molecule has 1 aliphatic heterocycles. The molecule has 3 aromatic rings. The lowest BCUT2D eigenvalue weighted by atomic mass is 10.1. The van der Waals surface area contributed by atoms with E-state index in [2.05, 4.69) is 15.4 Å². The molecule has 1 atom stereocenters. The number of amides is 1. The minimum atomic E-state index is -3.65. The summed E-state index contributed by atoms with van der Waals surface area (Å²) in [5.74, 6) is -0.972. The highest BCUT2D eigenvalue weighted by atomic mass is 35.5. The third kappa shape index (κ3) is 3.95. The molecule has 1 aliphatic rings. The number of hydrogen-bond donors (Lipinski definition) is 3. The van der Waals surface area contributed by atoms with Crippen LogP contribution in [0.25, 0.3) is 0 Å². The molecule has 0 aliphatic carbocycles. The summed E-state index contributed by atoms with van der Waals surface area (Å²) in [4.78, 5) is 12.6. The van der Waals surface area contributed by atoms with Crippen LogP contribution in [0.2, 0.25) is 5.02 Å². The highest BCUT2D eigenvalue weighted by molar-refractivity contribution is 7.89. The van der Waals surface area contributed by atoms with Crippen LogP contribution >= 0.6 is 11.6 Å². The number of hydrogen-bond acceptors (Lipinski definition) is 4. The highest BCUT2D eigenvalue weighted by Gasteiger charge is 2.29. The Kier molecular flexibility index (Phi) is 4.99. The van der Waals surface area contributed by atoms with Crippen molar-refractivity contribution in [2.45, 2.75) is 11.1 Å². The number of halogens is 2. The van der Waals surface area contributed by atoms with Gasteiger partial charge in [0.1, 0.15) is 16.9 Å². The first-order valence-electron chi connectivity index (χ1n) is 8.58. The van der Waals surface area contributed by atoms with E-state index < -0.39 is 27.9 Å². The number of sulfonamides is 1. The van der Waals surface area contributed by atoms with Crippen molar-refractivity contribution in [1.82, 2.24) is 4.72 Å². The van der Waals surface area contributed by atoms with Gasteiger partial charge in [0.15, 0.2) is 0 Å². The number of rotatable bonds is 3. The molecule has 1 heterocycles. The van der Waals surface area contributed by atoms with Gasteiger partial charge in [0.2, 0.25) is 10.0 Å². The Morgan fingerprint density at radius 1 is 1.03 bits per heavy atom. The van der Waals surface area contributed by atoms with Gasteiger partial charge in [0, 0.05) is 11.3 Å². The summed E-state index contributed by atoms with van der Waals surface area (Å²) < 4.78 is 40.7. The van der Waals surface area contributed by atoms with Gasteiger partial charge < -0.3 is 10.6 Å². The fraction of sp³-hybridized carbons (Fsp3) is 0.0500. The van der Waals surface area contributed by atoms with Gasteiger partial charge in [-0.05, 0) is 48.0 Å². The fourth-order valence-electron chi connectivity index (χ4n) is 2.98. The molecule has 0 radical (unpaired) electrons. The lowest BCUT2D eigenvalue weighted by molar-refractivity contribution is 0.102. The first-order chi connectivity index (χ1) is 13.8. The average molecular weight is 432 g/mol. The van der Waals surface area contributed by atoms with Gasteiger partial charge in [-0.3, -0.25) is 4.79 Å². The Morgan fingerprint density at radius 2 is 1.76 bits per heavy atom. The van der Waals surface area contributed by atoms with Crippen LogP contribution in [0.15, 0.2) is 71.6 Å². The zero-order valence-corrected chi connectivity index (χ0v) is 16.4. The summed E-state index contributed by atoms with van der Waals surface area (Å²) in [5, 5.41) is 5.67. The van der Waals surface area contributed by atoms with Crippen LogP contribution in [-0.4, -0.2) is 14.3 Å². The van der Waals surface area contributed by atoms with Crippen molar-refractivity contribution in [1.29, 1.82) is 0 Å². The van der Waals surface area contributed by atoms with Gasteiger partial charge in [0.05, 0.1) is 10.7 Å². The van der Waals surface area contributed by atoms with Crippen LogP contribution in [-0.2, 0) is 10.0 Å². The Balaban J connectivity index is 1.52. The molecule has 0 saturated carbocycles. The Morgan fingerprint density at radius 3 is 2.48 bits per heavy atom. The summed E-state index contributed by atoms with van der Waals surface area (Å²) >= 11 is 5.72. The molecule has 0 unspecified atom stereocenters. The van der Waals surface area contributed by atoms with E-state index in [0.717, 1.165) is 0 Å².